The molecule has 0 radical (unpaired) electrons. The van der Waals surface area contributed by atoms with Gasteiger partial charge in [-0.25, -0.2) is 9.69 Å². The van der Waals surface area contributed by atoms with E-state index in [1.54, 1.807) is 38.1 Å². The quantitative estimate of drug-likeness (QED) is 0.361. The molecule has 1 aromatic rings. The van der Waals surface area contributed by atoms with E-state index in [4.69, 9.17) is 10.5 Å². The Kier molecular flexibility index (Phi) is 10.8. The maximum Gasteiger partial charge on any atom is 0.417 e. The molecule has 0 aliphatic carbocycles. The van der Waals surface area contributed by atoms with Gasteiger partial charge in [0.15, 0.2) is 0 Å². The summed E-state index contributed by atoms with van der Waals surface area (Å²) in [6.07, 6.45) is 0.507. The van der Waals surface area contributed by atoms with Crippen molar-refractivity contribution < 1.29 is 33.5 Å². The summed E-state index contributed by atoms with van der Waals surface area (Å²) in [4.78, 5) is 79.5. The molecule has 0 spiro atoms. The third-order valence-corrected chi connectivity index (χ3v) is 7.35. The number of primary amides is 1. The highest BCUT2D eigenvalue weighted by Gasteiger charge is 2.43. The monoisotopic (exact) mass is 571 g/mol. The molecule has 2 heterocycles. The first-order valence-corrected chi connectivity index (χ1v) is 14.1. The Labute approximate surface area is 240 Å². The van der Waals surface area contributed by atoms with Gasteiger partial charge in [-0.05, 0) is 43.1 Å². The lowest BCUT2D eigenvalue weighted by molar-refractivity contribution is -0.142. The minimum Gasteiger partial charge on any atom is -0.444 e. The number of rotatable bonds is 11. The van der Waals surface area contributed by atoms with Crippen LogP contribution in [0.3, 0.4) is 0 Å². The summed E-state index contributed by atoms with van der Waals surface area (Å²) in [5.74, 6) is -3.07. The van der Waals surface area contributed by atoms with Crippen LogP contribution in [0, 0.1) is 11.8 Å². The van der Waals surface area contributed by atoms with E-state index < -0.39 is 59.8 Å². The first-order chi connectivity index (χ1) is 19.4. The lowest BCUT2D eigenvalue weighted by atomic mass is 9.99. The van der Waals surface area contributed by atoms with Crippen molar-refractivity contribution in [2.24, 2.45) is 17.6 Å². The van der Waals surface area contributed by atoms with E-state index in [0.717, 1.165) is 10.5 Å². The van der Waals surface area contributed by atoms with E-state index in [1.807, 2.05) is 19.9 Å². The minimum absolute atomic E-state index is 0.00535. The molecule has 2 aliphatic rings. The van der Waals surface area contributed by atoms with Crippen LogP contribution in [-0.4, -0.2) is 76.1 Å². The number of imide groups is 1. The number of nitrogens with two attached hydrogens (primary N) is 1. The van der Waals surface area contributed by atoms with Crippen molar-refractivity contribution in [3.63, 3.8) is 0 Å². The Morgan fingerprint density at radius 3 is 2.29 bits per heavy atom. The van der Waals surface area contributed by atoms with Gasteiger partial charge in [-0.3, -0.25) is 24.0 Å². The zero-order chi connectivity index (χ0) is 30.3. The largest absolute Gasteiger partial charge is 0.444 e. The Morgan fingerprint density at radius 1 is 1.00 bits per heavy atom. The predicted octanol–water partition coefficient (Wildman–Crippen LogP) is 1.46. The molecule has 12 nitrogen and oxygen atoms in total. The van der Waals surface area contributed by atoms with Gasteiger partial charge in [0.1, 0.15) is 30.8 Å². The van der Waals surface area contributed by atoms with Gasteiger partial charge in [-0.2, -0.15) is 0 Å². The number of hydrogen-bond donors (Lipinski definition) is 3. The molecule has 6 amide bonds. The predicted molar refractivity (Wildman–Crippen MR) is 149 cm³/mol. The second-order valence-electron chi connectivity index (χ2n) is 11.4. The zero-order valence-corrected chi connectivity index (χ0v) is 24.1. The molecule has 224 valence electrons. The molecule has 0 aromatic heterocycles. The van der Waals surface area contributed by atoms with Crippen molar-refractivity contribution in [2.75, 3.05) is 6.54 Å². The highest BCUT2D eigenvalue weighted by molar-refractivity contribution is 6.02. The van der Waals surface area contributed by atoms with Crippen molar-refractivity contribution in [1.29, 1.82) is 0 Å². The molecule has 0 saturated carbocycles. The van der Waals surface area contributed by atoms with Crippen LogP contribution in [0.15, 0.2) is 30.3 Å². The van der Waals surface area contributed by atoms with Gasteiger partial charge >= 0.3 is 6.09 Å². The summed E-state index contributed by atoms with van der Waals surface area (Å²) >= 11 is 0. The third-order valence-electron chi connectivity index (χ3n) is 7.35. The third kappa shape index (κ3) is 8.05. The number of ether oxygens (including phenoxy) is 1. The fraction of sp³-hybridized carbons (Fsp3) is 0.586. The van der Waals surface area contributed by atoms with Crippen LogP contribution in [0.2, 0.25) is 0 Å². The van der Waals surface area contributed by atoms with Crippen molar-refractivity contribution in [1.82, 2.24) is 20.4 Å². The van der Waals surface area contributed by atoms with Crippen molar-refractivity contribution >= 4 is 35.6 Å². The lowest BCUT2D eigenvalue weighted by Crippen LogP contribution is -2.59. The number of amides is 6. The molecular formula is C29H41N5O7. The Hall–Kier alpha value is -3.96. The van der Waals surface area contributed by atoms with E-state index >= 15 is 0 Å². The van der Waals surface area contributed by atoms with Gasteiger partial charge in [0.05, 0.1) is 0 Å². The molecule has 4 atom stereocenters. The fourth-order valence-corrected chi connectivity index (χ4v) is 5.19. The van der Waals surface area contributed by atoms with Crippen LogP contribution in [0.25, 0.3) is 0 Å². The van der Waals surface area contributed by atoms with E-state index in [0.29, 0.717) is 19.4 Å². The maximum absolute atomic E-state index is 13.5. The first-order valence-electron chi connectivity index (χ1n) is 14.1. The molecule has 41 heavy (non-hydrogen) atoms. The van der Waals surface area contributed by atoms with Gasteiger partial charge in [-0.15, -0.1) is 0 Å². The Bertz CT molecular complexity index is 1140. The van der Waals surface area contributed by atoms with E-state index in [-0.39, 0.29) is 37.7 Å². The van der Waals surface area contributed by atoms with E-state index in [1.165, 1.54) is 4.90 Å². The topological polar surface area (TPSA) is 168 Å². The van der Waals surface area contributed by atoms with Crippen LogP contribution in [0.4, 0.5) is 4.79 Å². The molecule has 2 aliphatic heterocycles. The smallest absolute Gasteiger partial charge is 0.417 e. The van der Waals surface area contributed by atoms with E-state index in [9.17, 15) is 28.8 Å². The van der Waals surface area contributed by atoms with Crippen molar-refractivity contribution in [3.8, 4) is 0 Å². The average molecular weight is 572 g/mol. The zero-order valence-electron chi connectivity index (χ0n) is 24.1. The maximum atomic E-state index is 13.5. The normalized spacial score (nSPS) is 20.2. The molecule has 4 N–H and O–H groups in total. The highest BCUT2D eigenvalue weighted by atomic mass is 16.6. The standard InChI is InChI=1S/C29H41N5O7/c1-17(2)15-20(26(37)32-24(18(3)4)28(39)33-14-8-11-21(33)25(30)36)31-27(38)22-12-13-23(35)34(22)29(40)41-16-19-9-6-5-7-10-19/h5-7,9-10,17-18,20-22,24H,8,11-16H2,1-4H3,(H2,30,36)(H,31,38)(H,32,37)/t20-,21-,22-,24-/m0/s1. The van der Waals surface area contributed by atoms with E-state index in [2.05, 4.69) is 10.6 Å². The highest BCUT2D eigenvalue weighted by Crippen LogP contribution is 2.22. The van der Waals surface area contributed by atoms with Crippen LogP contribution in [0.1, 0.15) is 65.4 Å². The molecule has 1 aromatic carbocycles. The molecule has 2 fully saturated rings. The van der Waals surface area contributed by atoms with Gasteiger partial charge in [0.25, 0.3) is 0 Å². The van der Waals surface area contributed by atoms with Crippen LogP contribution < -0.4 is 16.4 Å². The fourth-order valence-electron chi connectivity index (χ4n) is 5.19. The Balaban J connectivity index is 1.70. The number of hydrogen-bond acceptors (Lipinski definition) is 7. The van der Waals surface area contributed by atoms with Gasteiger partial charge in [-0.1, -0.05) is 58.0 Å². The summed E-state index contributed by atoms with van der Waals surface area (Å²) in [5, 5.41) is 5.46. The van der Waals surface area contributed by atoms with Crippen LogP contribution in [-0.2, 0) is 35.3 Å². The van der Waals surface area contributed by atoms with Crippen LogP contribution in [0.5, 0.6) is 0 Å². The Morgan fingerprint density at radius 2 is 1.68 bits per heavy atom. The van der Waals surface area contributed by atoms with Gasteiger partial charge in [0.2, 0.25) is 29.5 Å². The molecule has 3 rings (SSSR count). The second-order valence-corrected chi connectivity index (χ2v) is 11.4. The van der Waals surface area contributed by atoms with Gasteiger partial charge < -0.3 is 26.0 Å². The molecule has 0 unspecified atom stereocenters. The molecule has 12 heteroatoms. The average Bonchev–Trinajstić information content (AvgIpc) is 3.57. The summed E-state index contributed by atoms with van der Waals surface area (Å²) in [7, 11) is 0. The summed E-state index contributed by atoms with van der Waals surface area (Å²) in [6.45, 7) is 7.61. The summed E-state index contributed by atoms with van der Waals surface area (Å²) < 4.78 is 5.29. The number of carbonyl (C=O) groups excluding carboxylic acids is 6. The van der Waals surface area contributed by atoms with Crippen LogP contribution >= 0.6 is 0 Å². The summed E-state index contributed by atoms with van der Waals surface area (Å²) in [5.41, 5.74) is 6.21. The first kappa shape index (κ1) is 31.6. The number of benzene rings is 1. The minimum atomic E-state index is -1.13. The van der Waals surface area contributed by atoms with Crippen molar-refractivity contribution in [2.45, 2.75) is 90.6 Å². The number of likely N-dealkylation sites (tertiary alicyclic amines) is 2. The lowest BCUT2D eigenvalue weighted by Gasteiger charge is -2.31. The second kappa shape index (κ2) is 14.1. The molecule has 0 bridgehead atoms. The number of carbonyl (C=O) groups is 6. The van der Waals surface area contributed by atoms with Gasteiger partial charge in [0, 0.05) is 13.0 Å². The number of nitrogens with one attached hydrogen (secondary N) is 2. The molecule has 2 saturated heterocycles. The number of nitrogens with zero attached hydrogens (tertiary/aromatic N) is 2. The SMILES string of the molecule is CC(C)C[C@H](NC(=O)[C@@H]1CCC(=O)N1C(=O)OCc1ccccc1)C(=O)N[C@H](C(=O)N1CCC[C@H]1C(N)=O)C(C)C. The molecular weight excluding hydrogens is 530 g/mol. The van der Waals surface area contributed by atoms with Crippen molar-refractivity contribution in [3.05, 3.63) is 35.9 Å². The summed E-state index contributed by atoms with van der Waals surface area (Å²) in [6, 6.07) is 5.12.